The van der Waals surface area contributed by atoms with Crippen LogP contribution in [0.2, 0.25) is 0 Å². The van der Waals surface area contributed by atoms with Gasteiger partial charge in [0.15, 0.2) is 0 Å². The SMILES string of the molecule is CC(=O)OC[C@@H](OC(C)=O)C1CC2C=CC1C2. The Labute approximate surface area is 101 Å². The number of allylic oxidation sites excluding steroid dienone is 2. The Hall–Kier alpha value is -1.32. The first-order chi connectivity index (χ1) is 8.06. The number of rotatable bonds is 4. The summed E-state index contributed by atoms with van der Waals surface area (Å²) in [5.41, 5.74) is 0. The van der Waals surface area contributed by atoms with Gasteiger partial charge in [-0.3, -0.25) is 9.59 Å². The zero-order chi connectivity index (χ0) is 12.4. The minimum absolute atomic E-state index is 0.177. The Bertz CT molecular complexity index is 347. The van der Waals surface area contributed by atoms with Gasteiger partial charge in [0.2, 0.25) is 0 Å². The maximum absolute atomic E-state index is 11.1. The van der Waals surface area contributed by atoms with Crippen LogP contribution in [0, 0.1) is 17.8 Å². The minimum atomic E-state index is -0.333. The Morgan fingerprint density at radius 2 is 2.00 bits per heavy atom. The molecule has 0 saturated heterocycles. The maximum atomic E-state index is 11.1. The number of hydrogen-bond acceptors (Lipinski definition) is 4. The molecular formula is C13H18O4. The molecule has 4 atom stereocenters. The van der Waals surface area contributed by atoms with Crippen LogP contribution in [0.5, 0.6) is 0 Å². The third-order valence-electron chi connectivity index (χ3n) is 3.58. The van der Waals surface area contributed by atoms with Crippen molar-refractivity contribution in [3.8, 4) is 0 Å². The van der Waals surface area contributed by atoms with E-state index in [0.717, 1.165) is 12.8 Å². The third-order valence-corrected chi connectivity index (χ3v) is 3.58. The van der Waals surface area contributed by atoms with Gasteiger partial charge in [-0.2, -0.15) is 0 Å². The summed E-state index contributed by atoms with van der Waals surface area (Å²) >= 11 is 0. The van der Waals surface area contributed by atoms with Crippen LogP contribution in [-0.2, 0) is 19.1 Å². The molecule has 0 heterocycles. The van der Waals surface area contributed by atoms with Gasteiger partial charge in [0.1, 0.15) is 12.7 Å². The number of ether oxygens (including phenoxy) is 2. The van der Waals surface area contributed by atoms with Crippen LogP contribution >= 0.6 is 0 Å². The molecule has 4 heteroatoms. The second kappa shape index (κ2) is 4.90. The molecule has 2 aliphatic carbocycles. The molecule has 1 fully saturated rings. The molecule has 0 aromatic rings. The van der Waals surface area contributed by atoms with Gasteiger partial charge < -0.3 is 9.47 Å². The lowest BCUT2D eigenvalue weighted by molar-refractivity contribution is -0.160. The zero-order valence-electron chi connectivity index (χ0n) is 10.2. The van der Waals surface area contributed by atoms with Gasteiger partial charge in [0, 0.05) is 19.8 Å². The molecule has 4 nitrogen and oxygen atoms in total. The fourth-order valence-corrected chi connectivity index (χ4v) is 2.91. The average molecular weight is 238 g/mol. The van der Waals surface area contributed by atoms with Crippen LogP contribution in [0.1, 0.15) is 26.7 Å². The van der Waals surface area contributed by atoms with Gasteiger partial charge in [-0.15, -0.1) is 0 Å². The summed E-state index contributed by atoms with van der Waals surface area (Å²) in [5, 5.41) is 0. The molecule has 0 aliphatic heterocycles. The maximum Gasteiger partial charge on any atom is 0.303 e. The molecule has 0 radical (unpaired) electrons. The number of fused-ring (bicyclic) bond motifs is 2. The first-order valence-corrected chi connectivity index (χ1v) is 6.05. The summed E-state index contributed by atoms with van der Waals surface area (Å²) in [4.78, 5) is 21.9. The highest BCUT2D eigenvalue weighted by atomic mass is 16.6. The highest BCUT2D eigenvalue weighted by Gasteiger charge is 2.41. The highest BCUT2D eigenvalue weighted by Crippen LogP contribution is 2.45. The molecule has 1 saturated carbocycles. The smallest absolute Gasteiger partial charge is 0.303 e. The predicted molar refractivity (Wildman–Crippen MR) is 61.0 cm³/mol. The molecule has 94 valence electrons. The number of hydrogen-bond donors (Lipinski definition) is 0. The summed E-state index contributed by atoms with van der Waals surface area (Å²) in [6.07, 6.45) is 6.31. The summed E-state index contributed by atoms with van der Waals surface area (Å²) < 4.78 is 10.3. The van der Waals surface area contributed by atoms with Crippen molar-refractivity contribution in [3.63, 3.8) is 0 Å². The predicted octanol–water partition coefficient (Wildman–Crippen LogP) is 1.69. The molecule has 3 unspecified atom stereocenters. The summed E-state index contributed by atoms with van der Waals surface area (Å²) in [6, 6.07) is 0. The Morgan fingerprint density at radius 3 is 2.47 bits per heavy atom. The number of carbonyl (C=O) groups is 2. The fourth-order valence-electron chi connectivity index (χ4n) is 2.91. The van der Waals surface area contributed by atoms with E-state index in [2.05, 4.69) is 12.2 Å². The number of esters is 2. The molecule has 0 N–H and O–H groups in total. The lowest BCUT2D eigenvalue weighted by Crippen LogP contribution is -2.33. The van der Waals surface area contributed by atoms with E-state index in [-0.39, 0.29) is 24.6 Å². The van der Waals surface area contributed by atoms with Crippen LogP contribution in [0.25, 0.3) is 0 Å². The van der Waals surface area contributed by atoms with Crippen molar-refractivity contribution in [2.24, 2.45) is 17.8 Å². The molecule has 2 aliphatic rings. The largest absolute Gasteiger partial charge is 0.462 e. The quantitative estimate of drug-likeness (QED) is 0.552. The van der Waals surface area contributed by atoms with Crippen molar-refractivity contribution in [2.45, 2.75) is 32.8 Å². The van der Waals surface area contributed by atoms with Crippen LogP contribution in [-0.4, -0.2) is 24.6 Å². The Balaban J connectivity index is 1.97. The monoisotopic (exact) mass is 238 g/mol. The lowest BCUT2D eigenvalue weighted by atomic mass is 9.88. The third kappa shape index (κ3) is 2.87. The van der Waals surface area contributed by atoms with Gasteiger partial charge in [0.25, 0.3) is 0 Å². The second-order valence-electron chi connectivity index (χ2n) is 4.89. The van der Waals surface area contributed by atoms with Crippen LogP contribution in [0.15, 0.2) is 12.2 Å². The molecule has 0 aromatic heterocycles. The molecule has 17 heavy (non-hydrogen) atoms. The van der Waals surface area contributed by atoms with Crippen LogP contribution in [0.4, 0.5) is 0 Å². The first kappa shape index (κ1) is 12.1. The number of carbonyl (C=O) groups excluding carboxylic acids is 2. The van der Waals surface area contributed by atoms with Crippen molar-refractivity contribution in [1.29, 1.82) is 0 Å². The Kier molecular flexibility index (Phi) is 3.50. The van der Waals surface area contributed by atoms with Crippen molar-refractivity contribution in [3.05, 3.63) is 12.2 Å². The zero-order valence-corrected chi connectivity index (χ0v) is 10.2. The van der Waals surface area contributed by atoms with Gasteiger partial charge >= 0.3 is 11.9 Å². The lowest BCUT2D eigenvalue weighted by Gasteiger charge is -2.27. The second-order valence-corrected chi connectivity index (χ2v) is 4.89. The van der Waals surface area contributed by atoms with Crippen molar-refractivity contribution >= 4 is 11.9 Å². The molecule has 0 amide bonds. The molecular weight excluding hydrogens is 220 g/mol. The molecule has 2 rings (SSSR count). The fraction of sp³-hybridized carbons (Fsp3) is 0.692. The van der Waals surface area contributed by atoms with Gasteiger partial charge in [-0.25, -0.2) is 0 Å². The summed E-state index contributed by atoms with van der Waals surface area (Å²) in [7, 11) is 0. The highest BCUT2D eigenvalue weighted by molar-refractivity contribution is 5.67. The van der Waals surface area contributed by atoms with E-state index in [0.29, 0.717) is 17.8 Å². The van der Waals surface area contributed by atoms with E-state index in [4.69, 9.17) is 9.47 Å². The summed E-state index contributed by atoms with van der Waals surface area (Å²) in [5.74, 6) is 0.739. The van der Waals surface area contributed by atoms with E-state index in [9.17, 15) is 9.59 Å². The van der Waals surface area contributed by atoms with E-state index in [1.165, 1.54) is 13.8 Å². The standard InChI is InChI=1S/C13H18O4/c1-8(14)16-7-13(17-9(2)15)12-6-10-3-4-11(12)5-10/h3-4,10-13H,5-7H2,1-2H3/t10?,11?,12?,13-/m1/s1. The summed E-state index contributed by atoms with van der Waals surface area (Å²) in [6.45, 7) is 2.94. The molecule has 2 bridgehead atoms. The van der Waals surface area contributed by atoms with Gasteiger partial charge in [-0.1, -0.05) is 12.2 Å². The van der Waals surface area contributed by atoms with Crippen LogP contribution in [0.3, 0.4) is 0 Å². The van der Waals surface area contributed by atoms with Crippen molar-refractivity contribution in [1.82, 2.24) is 0 Å². The Morgan fingerprint density at radius 1 is 1.24 bits per heavy atom. The van der Waals surface area contributed by atoms with E-state index < -0.39 is 0 Å². The van der Waals surface area contributed by atoms with E-state index in [1.54, 1.807) is 0 Å². The van der Waals surface area contributed by atoms with Gasteiger partial charge in [0.05, 0.1) is 0 Å². The minimum Gasteiger partial charge on any atom is -0.462 e. The van der Waals surface area contributed by atoms with E-state index in [1.807, 2.05) is 0 Å². The van der Waals surface area contributed by atoms with Gasteiger partial charge in [-0.05, 0) is 24.7 Å². The van der Waals surface area contributed by atoms with Crippen LogP contribution < -0.4 is 0 Å². The molecule has 0 spiro atoms. The topological polar surface area (TPSA) is 52.6 Å². The van der Waals surface area contributed by atoms with Crippen molar-refractivity contribution in [2.75, 3.05) is 6.61 Å². The molecule has 0 aromatic carbocycles. The van der Waals surface area contributed by atoms with E-state index >= 15 is 0 Å². The average Bonchev–Trinajstić information content (AvgIpc) is 2.84. The first-order valence-electron chi connectivity index (χ1n) is 6.05. The normalized spacial score (nSPS) is 31.3. The van der Waals surface area contributed by atoms with Crippen molar-refractivity contribution < 1.29 is 19.1 Å².